The summed E-state index contributed by atoms with van der Waals surface area (Å²) in [6, 6.07) is -2.01. The van der Waals surface area contributed by atoms with Gasteiger partial charge in [0, 0.05) is 0 Å². The Hall–Kier alpha value is -0.300. The lowest BCUT2D eigenvalue weighted by Crippen LogP contribution is -2.49. The smallest absolute Gasteiger partial charge is 0.212 e. The van der Waals surface area contributed by atoms with Crippen LogP contribution in [0, 0.1) is 5.92 Å². The van der Waals surface area contributed by atoms with Gasteiger partial charge in [-0.25, -0.2) is 13.1 Å². The first kappa shape index (κ1) is 13.7. The van der Waals surface area contributed by atoms with Crippen LogP contribution in [-0.4, -0.2) is 26.4 Å². The highest BCUT2D eigenvalue weighted by Gasteiger charge is 2.43. The van der Waals surface area contributed by atoms with Crippen LogP contribution in [0.15, 0.2) is 0 Å². The van der Waals surface area contributed by atoms with Gasteiger partial charge in [0.2, 0.25) is 10.0 Å². The van der Waals surface area contributed by atoms with Crippen molar-refractivity contribution in [3.8, 4) is 0 Å². The van der Waals surface area contributed by atoms with Crippen LogP contribution in [0.25, 0.3) is 0 Å². The largest absolute Gasteiger partial charge is 0.405 e. The molecule has 0 bridgehead atoms. The predicted molar refractivity (Wildman–Crippen MR) is 47.3 cm³/mol. The summed E-state index contributed by atoms with van der Waals surface area (Å²) in [5, 5.41) is 0. The number of rotatable bonds is 4. The number of hydrogen-bond donors (Lipinski definition) is 1. The zero-order valence-corrected chi connectivity index (χ0v) is 9.04. The first-order valence-electron chi connectivity index (χ1n) is 4.17. The van der Waals surface area contributed by atoms with Crippen LogP contribution in [-0.2, 0) is 10.0 Å². The number of sulfonamides is 1. The SMILES string of the molecule is CCS(=O)(=O)NC(C(C)C)C(F)(F)F. The third kappa shape index (κ3) is 4.28. The minimum Gasteiger partial charge on any atom is -0.212 e. The summed E-state index contributed by atoms with van der Waals surface area (Å²) in [6.45, 7) is 3.92. The van der Waals surface area contributed by atoms with Crippen LogP contribution in [0.3, 0.4) is 0 Å². The van der Waals surface area contributed by atoms with Crippen molar-refractivity contribution in [3.63, 3.8) is 0 Å². The second-order valence-corrected chi connectivity index (χ2v) is 5.33. The highest BCUT2D eigenvalue weighted by atomic mass is 32.2. The minimum absolute atomic E-state index is 0.355. The molecule has 1 unspecified atom stereocenters. The van der Waals surface area contributed by atoms with E-state index in [1.54, 1.807) is 4.72 Å². The quantitative estimate of drug-likeness (QED) is 0.800. The van der Waals surface area contributed by atoms with Crippen molar-refractivity contribution in [2.45, 2.75) is 33.0 Å². The molecule has 0 amide bonds. The van der Waals surface area contributed by atoms with Crippen LogP contribution >= 0.6 is 0 Å². The fourth-order valence-electron chi connectivity index (χ4n) is 0.858. The highest BCUT2D eigenvalue weighted by molar-refractivity contribution is 7.89. The van der Waals surface area contributed by atoms with Crippen molar-refractivity contribution in [3.05, 3.63) is 0 Å². The third-order valence-corrected chi connectivity index (χ3v) is 3.08. The maximum Gasteiger partial charge on any atom is 0.405 e. The van der Waals surface area contributed by atoms with Gasteiger partial charge in [0.15, 0.2) is 0 Å². The molecule has 7 heteroatoms. The van der Waals surface area contributed by atoms with Crippen LogP contribution in [0.2, 0.25) is 0 Å². The Labute approximate surface area is 81.7 Å². The molecule has 0 aliphatic carbocycles. The zero-order valence-electron chi connectivity index (χ0n) is 8.22. The van der Waals surface area contributed by atoms with Gasteiger partial charge in [-0.2, -0.15) is 13.2 Å². The van der Waals surface area contributed by atoms with Crippen LogP contribution < -0.4 is 4.72 Å². The van der Waals surface area contributed by atoms with Gasteiger partial charge in [-0.05, 0) is 12.8 Å². The molecule has 0 aromatic rings. The van der Waals surface area contributed by atoms with Gasteiger partial charge in [0.05, 0.1) is 5.75 Å². The molecule has 86 valence electrons. The molecular weight excluding hydrogens is 219 g/mol. The molecule has 0 aliphatic heterocycles. The Bertz CT molecular complexity index is 271. The molecule has 0 aliphatic rings. The molecule has 14 heavy (non-hydrogen) atoms. The Kier molecular flexibility index (Phi) is 4.38. The van der Waals surface area contributed by atoms with Crippen molar-refractivity contribution in [2.24, 2.45) is 5.92 Å². The fraction of sp³-hybridized carbons (Fsp3) is 1.00. The summed E-state index contributed by atoms with van der Waals surface area (Å²) >= 11 is 0. The average Bonchev–Trinajstić information content (AvgIpc) is 1.98. The van der Waals surface area contributed by atoms with E-state index in [0.717, 1.165) is 0 Å². The summed E-state index contributed by atoms with van der Waals surface area (Å²) in [6.07, 6.45) is -4.55. The van der Waals surface area contributed by atoms with Crippen molar-refractivity contribution < 1.29 is 21.6 Å². The van der Waals surface area contributed by atoms with Gasteiger partial charge in [-0.15, -0.1) is 0 Å². The predicted octanol–water partition coefficient (Wildman–Crippen LogP) is 1.51. The first-order chi connectivity index (χ1) is 6.10. The van der Waals surface area contributed by atoms with Crippen LogP contribution in [0.1, 0.15) is 20.8 Å². The second-order valence-electron chi connectivity index (χ2n) is 3.28. The molecule has 1 atom stereocenters. The maximum absolute atomic E-state index is 12.3. The molecule has 0 aromatic heterocycles. The lowest BCUT2D eigenvalue weighted by Gasteiger charge is -2.24. The van der Waals surface area contributed by atoms with Gasteiger partial charge < -0.3 is 0 Å². The second kappa shape index (κ2) is 4.48. The summed E-state index contributed by atoms with van der Waals surface area (Å²) in [5.41, 5.74) is 0. The van der Waals surface area contributed by atoms with E-state index in [1.165, 1.54) is 20.8 Å². The van der Waals surface area contributed by atoms with Crippen LogP contribution in [0.5, 0.6) is 0 Å². The van der Waals surface area contributed by atoms with Crippen molar-refractivity contribution in [1.29, 1.82) is 0 Å². The Morgan fingerprint density at radius 1 is 1.29 bits per heavy atom. The monoisotopic (exact) mass is 233 g/mol. The number of alkyl halides is 3. The van der Waals surface area contributed by atoms with Crippen LogP contribution in [0.4, 0.5) is 13.2 Å². The Morgan fingerprint density at radius 2 is 1.71 bits per heavy atom. The van der Waals surface area contributed by atoms with Crippen molar-refractivity contribution in [1.82, 2.24) is 4.72 Å². The average molecular weight is 233 g/mol. The van der Waals surface area contributed by atoms with Gasteiger partial charge in [0.1, 0.15) is 6.04 Å². The van der Waals surface area contributed by atoms with Gasteiger partial charge >= 0.3 is 6.18 Å². The van der Waals surface area contributed by atoms with E-state index in [0.29, 0.717) is 0 Å². The highest BCUT2D eigenvalue weighted by Crippen LogP contribution is 2.25. The minimum atomic E-state index is -4.55. The topological polar surface area (TPSA) is 46.2 Å². The van der Waals surface area contributed by atoms with Gasteiger partial charge in [0.25, 0.3) is 0 Å². The fourth-order valence-corrected chi connectivity index (χ4v) is 1.82. The molecule has 0 saturated carbocycles. The lowest BCUT2D eigenvalue weighted by atomic mass is 10.1. The standard InChI is InChI=1S/C7H14F3NO2S/c1-4-14(12,13)11-6(5(2)3)7(8,9)10/h5-6,11H,4H2,1-3H3. The molecule has 0 radical (unpaired) electrons. The zero-order chi connectivity index (χ0) is 11.6. The van der Waals surface area contributed by atoms with Gasteiger partial charge in [-0.1, -0.05) is 13.8 Å². The molecule has 0 saturated heterocycles. The Morgan fingerprint density at radius 3 is 1.93 bits per heavy atom. The van der Waals surface area contributed by atoms with E-state index in [9.17, 15) is 21.6 Å². The molecule has 3 nitrogen and oxygen atoms in total. The molecule has 0 rings (SSSR count). The third-order valence-electron chi connectivity index (χ3n) is 1.71. The van der Waals surface area contributed by atoms with Crippen molar-refractivity contribution >= 4 is 10.0 Å². The van der Waals surface area contributed by atoms with E-state index in [1.807, 2.05) is 0 Å². The summed E-state index contributed by atoms with van der Waals surface area (Å²) in [4.78, 5) is 0. The van der Waals surface area contributed by atoms with Gasteiger partial charge in [-0.3, -0.25) is 0 Å². The lowest BCUT2D eigenvalue weighted by molar-refractivity contribution is -0.160. The normalized spacial score (nSPS) is 15.9. The number of halogens is 3. The maximum atomic E-state index is 12.3. The summed E-state index contributed by atoms with van der Waals surface area (Å²) in [5.74, 6) is -1.18. The molecule has 0 fully saturated rings. The first-order valence-corrected chi connectivity index (χ1v) is 5.82. The van der Waals surface area contributed by atoms with E-state index >= 15 is 0 Å². The molecule has 0 spiro atoms. The summed E-state index contributed by atoms with van der Waals surface area (Å²) < 4.78 is 60.5. The molecule has 0 aromatic carbocycles. The molecule has 1 N–H and O–H groups in total. The number of hydrogen-bond acceptors (Lipinski definition) is 2. The van der Waals surface area contributed by atoms with E-state index in [4.69, 9.17) is 0 Å². The van der Waals surface area contributed by atoms with E-state index < -0.39 is 28.2 Å². The van der Waals surface area contributed by atoms with E-state index in [-0.39, 0.29) is 5.75 Å². The molecular formula is C7H14F3NO2S. The molecule has 0 heterocycles. The summed E-state index contributed by atoms with van der Waals surface area (Å²) in [7, 11) is -3.82. The van der Waals surface area contributed by atoms with E-state index in [2.05, 4.69) is 0 Å². The number of nitrogens with one attached hydrogen (secondary N) is 1. The van der Waals surface area contributed by atoms with Crippen molar-refractivity contribution in [2.75, 3.05) is 5.75 Å². The Balaban J connectivity index is 4.73.